The molecule has 1 fully saturated rings. The topological polar surface area (TPSA) is 17.1 Å². The maximum atomic E-state index is 11.6. The van der Waals surface area contributed by atoms with Crippen molar-refractivity contribution in [3.05, 3.63) is 34.9 Å². The number of hydrogen-bond acceptors (Lipinski definition) is 1. The lowest BCUT2D eigenvalue weighted by Crippen LogP contribution is -2.19. The average Bonchev–Trinajstić information content (AvgIpc) is 2.86. The quantitative estimate of drug-likeness (QED) is 0.737. The van der Waals surface area contributed by atoms with E-state index in [4.69, 9.17) is 0 Å². The molecule has 0 amide bonds. The molecule has 1 aromatic carbocycles. The summed E-state index contributed by atoms with van der Waals surface area (Å²) in [6.07, 6.45) is 3.41. The fourth-order valence-corrected chi connectivity index (χ4v) is 3.81. The molecule has 84 valence electrons. The first kappa shape index (κ1) is 10.1. The fraction of sp³-hybridized carbons (Fsp3) is 0.533. The van der Waals surface area contributed by atoms with E-state index in [1.54, 1.807) is 12.5 Å². The average molecular weight is 214 g/mol. The molecule has 0 saturated heterocycles. The van der Waals surface area contributed by atoms with E-state index in [9.17, 15) is 4.79 Å². The Morgan fingerprint density at radius 2 is 2.19 bits per heavy atom. The molecular formula is C15H18O. The van der Waals surface area contributed by atoms with E-state index in [0.717, 1.165) is 12.8 Å². The maximum Gasteiger partial charge on any atom is 0.133 e. The Morgan fingerprint density at radius 1 is 1.38 bits per heavy atom. The highest BCUT2D eigenvalue weighted by Gasteiger charge is 2.46. The minimum absolute atomic E-state index is 0.310. The Kier molecular flexibility index (Phi) is 2.17. The monoisotopic (exact) mass is 214 g/mol. The van der Waals surface area contributed by atoms with Crippen molar-refractivity contribution in [3.8, 4) is 0 Å². The van der Waals surface area contributed by atoms with E-state index in [2.05, 4.69) is 25.1 Å². The van der Waals surface area contributed by atoms with Crippen LogP contribution in [0.15, 0.2) is 18.2 Å². The SMILES string of the molecule is CCc1cccc2c1C1CC2CC1C(C)=O. The molecule has 1 saturated carbocycles. The van der Waals surface area contributed by atoms with Crippen LogP contribution in [-0.4, -0.2) is 5.78 Å². The van der Waals surface area contributed by atoms with Gasteiger partial charge >= 0.3 is 0 Å². The standard InChI is InChI=1S/C15H18O/c1-3-10-5-4-6-12-11-7-13(9(2)16)14(8-11)15(10)12/h4-6,11,13-14H,3,7-8H2,1-2H3. The number of rotatable bonds is 2. The molecule has 1 heteroatoms. The third-order valence-corrected chi connectivity index (χ3v) is 4.51. The summed E-state index contributed by atoms with van der Waals surface area (Å²) in [5.41, 5.74) is 4.54. The molecule has 0 aromatic heterocycles. The molecule has 3 atom stereocenters. The van der Waals surface area contributed by atoms with Crippen LogP contribution in [0.4, 0.5) is 0 Å². The van der Waals surface area contributed by atoms with Crippen molar-refractivity contribution in [1.29, 1.82) is 0 Å². The van der Waals surface area contributed by atoms with Crippen LogP contribution in [0.25, 0.3) is 0 Å². The van der Waals surface area contributed by atoms with Gasteiger partial charge in [0, 0.05) is 5.92 Å². The first-order chi connectivity index (χ1) is 7.72. The van der Waals surface area contributed by atoms with Gasteiger partial charge in [0.1, 0.15) is 5.78 Å². The predicted octanol–water partition coefficient (Wildman–Crippen LogP) is 3.43. The van der Waals surface area contributed by atoms with Crippen LogP contribution in [-0.2, 0) is 11.2 Å². The van der Waals surface area contributed by atoms with Crippen LogP contribution in [0.2, 0.25) is 0 Å². The van der Waals surface area contributed by atoms with E-state index >= 15 is 0 Å². The van der Waals surface area contributed by atoms with Gasteiger partial charge in [0.25, 0.3) is 0 Å². The highest BCUT2D eigenvalue weighted by Crippen LogP contribution is 2.57. The molecule has 2 aliphatic carbocycles. The second-order valence-electron chi connectivity index (χ2n) is 5.27. The zero-order chi connectivity index (χ0) is 11.3. The van der Waals surface area contributed by atoms with Gasteiger partial charge in [0.15, 0.2) is 0 Å². The molecule has 1 aromatic rings. The Hall–Kier alpha value is -1.11. The molecule has 2 aliphatic rings. The van der Waals surface area contributed by atoms with E-state index in [1.807, 2.05) is 0 Å². The lowest BCUT2D eigenvalue weighted by atomic mass is 9.79. The number of carbonyl (C=O) groups is 1. The van der Waals surface area contributed by atoms with Crippen LogP contribution in [0.3, 0.4) is 0 Å². The van der Waals surface area contributed by atoms with Gasteiger partial charge in [-0.1, -0.05) is 25.1 Å². The van der Waals surface area contributed by atoms with Crippen molar-refractivity contribution in [1.82, 2.24) is 0 Å². The molecule has 1 nitrogen and oxygen atoms in total. The molecule has 0 heterocycles. The fourth-order valence-electron chi connectivity index (χ4n) is 3.81. The summed E-state index contributed by atoms with van der Waals surface area (Å²) in [7, 11) is 0. The van der Waals surface area contributed by atoms with Crippen LogP contribution < -0.4 is 0 Å². The molecular weight excluding hydrogens is 196 g/mol. The summed E-state index contributed by atoms with van der Waals surface area (Å²) in [6.45, 7) is 3.98. The minimum atomic E-state index is 0.310. The summed E-state index contributed by atoms with van der Waals surface area (Å²) in [5, 5.41) is 0. The van der Waals surface area contributed by atoms with Crippen LogP contribution in [0.1, 0.15) is 55.2 Å². The van der Waals surface area contributed by atoms with Crippen molar-refractivity contribution in [2.24, 2.45) is 5.92 Å². The number of ketones is 1. The molecule has 3 unspecified atom stereocenters. The Balaban J connectivity index is 2.10. The van der Waals surface area contributed by atoms with Gasteiger partial charge in [0.2, 0.25) is 0 Å². The van der Waals surface area contributed by atoms with Crippen molar-refractivity contribution in [3.63, 3.8) is 0 Å². The smallest absolute Gasteiger partial charge is 0.133 e. The Bertz CT molecular complexity index is 447. The number of carbonyl (C=O) groups excluding carboxylic acids is 1. The molecule has 0 spiro atoms. The van der Waals surface area contributed by atoms with E-state index in [1.165, 1.54) is 17.5 Å². The third kappa shape index (κ3) is 1.20. The summed E-state index contributed by atoms with van der Waals surface area (Å²) < 4.78 is 0. The second-order valence-corrected chi connectivity index (χ2v) is 5.27. The zero-order valence-electron chi connectivity index (χ0n) is 9.99. The molecule has 2 bridgehead atoms. The summed E-state index contributed by atoms with van der Waals surface area (Å²) in [6, 6.07) is 6.69. The van der Waals surface area contributed by atoms with Gasteiger partial charge in [0.05, 0.1) is 0 Å². The summed E-state index contributed by atoms with van der Waals surface area (Å²) >= 11 is 0. The minimum Gasteiger partial charge on any atom is -0.300 e. The lowest BCUT2D eigenvalue weighted by molar-refractivity contribution is -0.121. The highest BCUT2D eigenvalue weighted by atomic mass is 16.1. The lowest BCUT2D eigenvalue weighted by Gasteiger charge is -2.24. The van der Waals surface area contributed by atoms with E-state index in [0.29, 0.717) is 23.5 Å². The highest BCUT2D eigenvalue weighted by molar-refractivity contribution is 5.81. The summed E-state index contributed by atoms with van der Waals surface area (Å²) in [4.78, 5) is 11.6. The van der Waals surface area contributed by atoms with Crippen molar-refractivity contribution in [2.75, 3.05) is 0 Å². The van der Waals surface area contributed by atoms with E-state index in [-0.39, 0.29) is 0 Å². The first-order valence-electron chi connectivity index (χ1n) is 6.34. The first-order valence-corrected chi connectivity index (χ1v) is 6.34. The number of Topliss-reactive ketones (excluding diaryl/α,β-unsaturated/α-hetero) is 1. The van der Waals surface area contributed by atoms with Crippen molar-refractivity contribution in [2.45, 2.75) is 44.9 Å². The van der Waals surface area contributed by atoms with Crippen LogP contribution >= 0.6 is 0 Å². The van der Waals surface area contributed by atoms with Gasteiger partial charge in [-0.2, -0.15) is 0 Å². The van der Waals surface area contributed by atoms with Gasteiger partial charge in [-0.05, 0) is 54.7 Å². The molecule has 0 aliphatic heterocycles. The largest absolute Gasteiger partial charge is 0.300 e. The predicted molar refractivity (Wildman–Crippen MR) is 64.7 cm³/mol. The Labute approximate surface area is 96.9 Å². The normalized spacial score (nSPS) is 30.5. The summed E-state index contributed by atoms with van der Waals surface area (Å²) in [5.74, 6) is 1.91. The number of fused-ring (bicyclic) bond motifs is 5. The van der Waals surface area contributed by atoms with Crippen molar-refractivity contribution >= 4 is 5.78 Å². The number of hydrogen-bond donors (Lipinski definition) is 0. The van der Waals surface area contributed by atoms with E-state index < -0.39 is 0 Å². The number of benzene rings is 1. The van der Waals surface area contributed by atoms with Gasteiger partial charge in [-0.25, -0.2) is 0 Å². The molecule has 0 N–H and O–H groups in total. The third-order valence-electron chi connectivity index (χ3n) is 4.51. The maximum absolute atomic E-state index is 11.6. The van der Waals surface area contributed by atoms with Gasteiger partial charge < -0.3 is 0 Å². The molecule has 0 radical (unpaired) electrons. The molecule has 3 rings (SSSR count). The van der Waals surface area contributed by atoms with Crippen LogP contribution in [0.5, 0.6) is 0 Å². The Morgan fingerprint density at radius 3 is 2.88 bits per heavy atom. The van der Waals surface area contributed by atoms with Crippen LogP contribution in [0, 0.1) is 5.92 Å². The second kappa shape index (κ2) is 3.44. The van der Waals surface area contributed by atoms with Gasteiger partial charge in [-0.15, -0.1) is 0 Å². The van der Waals surface area contributed by atoms with Crippen molar-refractivity contribution < 1.29 is 4.79 Å². The number of aryl methyl sites for hydroxylation is 1. The van der Waals surface area contributed by atoms with Gasteiger partial charge in [-0.3, -0.25) is 4.79 Å². The molecule has 16 heavy (non-hydrogen) atoms. The zero-order valence-corrected chi connectivity index (χ0v) is 9.99.